The normalized spacial score (nSPS) is 15.8. The third-order valence-corrected chi connectivity index (χ3v) is 6.61. The Morgan fingerprint density at radius 1 is 1.26 bits per heavy atom. The Morgan fingerprint density at radius 3 is 2.82 bits per heavy atom. The van der Waals surface area contributed by atoms with Gasteiger partial charge in [-0.25, -0.2) is 15.2 Å². The molecule has 0 aliphatic carbocycles. The lowest BCUT2D eigenvalue weighted by molar-refractivity contribution is -0.135. The summed E-state index contributed by atoms with van der Waals surface area (Å²) in [4.78, 5) is 47.1. The van der Waals surface area contributed by atoms with Crippen LogP contribution >= 0.6 is 11.3 Å². The van der Waals surface area contributed by atoms with Gasteiger partial charge in [0.15, 0.2) is 22.2 Å². The van der Waals surface area contributed by atoms with E-state index >= 15 is 0 Å². The lowest BCUT2D eigenvalue weighted by Crippen LogP contribution is -2.23. The highest BCUT2D eigenvalue weighted by molar-refractivity contribution is 7.15. The highest BCUT2D eigenvalue weighted by atomic mass is 32.1. The number of hydrazone groups is 1. The first-order valence-corrected chi connectivity index (χ1v) is 12.6. The van der Waals surface area contributed by atoms with Gasteiger partial charge in [-0.05, 0) is 6.92 Å². The van der Waals surface area contributed by atoms with Gasteiger partial charge in [0.2, 0.25) is 18.3 Å². The standard InChI is InChI=1S/C24H23N5O9S/c1-4-35-23(32)16-8-12(38-28-16)7-13-14(19-21(37-11-36-19)20(34-3)18(13)33-2)10-25-27-22(31)15-9-17(30)29-5-6-39-24(29)26-15/h5-6,9-10,12H,4,7-8,11H2,1-3H3,(H,27,31). The van der Waals surface area contributed by atoms with E-state index in [4.69, 9.17) is 28.5 Å². The third-order valence-electron chi connectivity index (χ3n) is 5.85. The number of carbonyl (C=O) groups is 2. The average molecular weight is 558 g/mol. The van der Waals surface area contributed by atoms with E-state index in [1.165, 1.54) is 36.2 Å². The maximum atomic E-state index is 12.7. The van der Waals surface area contributed by atoms with E-state index in [0.717, 1.165) is 6.07 Å². The molecule has 0 fully saturated rings. The van der Waals surface area contributed by atoms with Gasteiger partial charge in [0.05, 0.1) is 27.0 Å². The molecule has 2 aliphatic heterocycles. The molecule has 2 aliphatic rings. The molecular weight excluding hydrogens is 534 g/mol. The Balaban J connectivity index is 1.44. The topological polar surface area (TPSA) is 161 Å². The summed E-state index contributed by atoms with van der Waals surface area (Å²) in [5, 5.41) is 9.64. The number of oxime groups is 1. The van der Waals surface area contributed by atoms with E-state index in [2.05, 4.69) is 20.7 Å². The minimum absolute atomic E-state index is 0.0732. The highest BCUT2D eigenvalue weighted by Gasteiger charge is 2.34. The molecule has 0 saturated heterocycles. The molecule has 204 valence electrons. The van der Waals surface area contributed by atoms with Crippen LogP contribution < -0.4 is 29.9 Å². The SMILES string of the molecule is CCOC(=O)C1=NOC(Cc2c(C=NNC(=O)c3cc(=O)n4ccsc4n3)c3c(c(OC)c2OC)OCO3)C1. The molecule has 14 nitrogen and oxygen atoms in total. The van der Waals surface area contributed by atoms with Gasteiger partial charge in [0, 0.05) is 41.6 Å². The predicted molar refractivity (Wildman–Crippen MR) is 137 cm³/mol. The van der Waals surface area contributed by atoms with Gasteiger partial charge in [-0.2, -0.15) is 5.10 Å². The smallest absolute Gasteiger partial charge is 0.356 e. The molecule has 0 saturated carbocycles. The molecule has 5 rings (SSSR count). The summed E-state index contributed by atoms with van der Waals surface area (Å²) in [6.45, 7) is 1.85. The number of fused-ring (bicyclic) bond motifs is 2. The van der Waals surface area contributed by atoms with Crippen LogP contribution in [0.4, 0.5) is 0 Å². The molecule has 1 unspecified atom stereocenters. The fourth-order valence-electron chi connectivity index (χ4n) is 4.16. The first-order valence-electron chi connectivity index (χ1n) is 11.7. The van der Waals surface area contributed by atoms with Crippen molar-refractivity contribution in [2.75, 3.05) is 27.6 Å². The van der Waals surface area contributed by atoms with Crippen LogP contribution in [0.1, 0.15) is 35.0 Å². The number of thiazole rings is 1. The zero-order valence-electron chi connectivity index (χ0n) is 21.1. The zero-order valence-corrected chi connectivity index (χ0v) is 21.9. The van der Waals surface area contributed by atoms with Crippen molar-refractivity contribution in [3.8, 4) is 23.0 Å². The number of ether oxygens (including phenoxy) is 5. The fourth-order valence-corrected chi connectivity index (χ4v) is 4.88. The maximum Gasteiger partial charge on any atom is 0.356 e. The van der Waals surface area contributed by atoms with E-state index in [1.807, 2.05) is 0 Å². The predicted octanol–water partition coefficient (Wildman–Crippen LogP) is 1.52. The van der Waals surface area contributed by atoms with Crippen molar-refractivity contribution in [1.82, 2.24) is 14.8 Å². The first kappa shape index (κ1) is 26.0. The van der Waals surface area contributed by atoms with Crippen LogP contribution in [0.25, 0.3) is 4.96 Å². The molecule has 0 bridgehead atoms. The van der Waals surface area contributed by atoms with Gasteiger partial charge >= 0.3 is 5.97 Å². The second-order valence-electron chi connectivity index (χ2n) is 8.15. The van der Waals surface area contributed by atoms with E-state index in [-0.39, 0.29) is 43.2 Å². The van der Waals surface area contributed by atoms with Crippen molar-refractivity contribution in [1.29, 1.82) is 0 Å². The Hall–Kier alpha value is -4.66. The van der Waals surface area contributed by atoms with Crippen molar-refractivity contribution >= 4 is 40.1 Å². The molecule has 2 aromatic heterocycles. The van der Waals surface area contributed by atoms with Gasteiger partial charge in [-0.3, -0.25) is 14.0 Å². The number of hydrogen-bond donors (Lipinski definition) is 1. The molecule has 1 atom stereocenters. The molecule has 1 aromatic carbocycles. The Morgan fingerprint density at radius 2 is 2.05 bits per heavy atom. The van der Waals surface area contributed by atoms with Crippen molar-refractivity contribution < 1.29 is 38.1 Å². The largest absolute Gasteiger partial charge is 0.492 e. The van der Waals surface area contributed by atoms with E-state index in [0.29, 0.717) is 39.1 Å². The maximum absolute atomic E-state index is 12.7. The second-order valence-corrected chi connectivity index (χ2v) is 9.02. The van der Waals surface area contributed by atoms with Crippen molar-refractivity contribution in [2.24, 2.45) is 10.3 Å². The van der Waals surface area contributed by atoms with Gasteiger partial charge < -0.3 is 28.5 Å². The van der Waals surface area contributed by atoms with Crippen molar-refractivity contribution in [3.63, 3.8) is 0 Å². The molecular formula is C24H23N5O9S. The number of esters is 1. The molecule has 15 heteroatoms. The number of amides is 1. The van der Waals surface area contributed by atoms with Crippen LogP contribution in [-0.2, 0) is 20.8 Å². The number of nitrogens with zero attached hydrogens (tertiary/aromatic N) is 4. The lowest BCUT2D eigenvalue weighted by Gasteiger charge is -2.19. The highest BCUT2D eigenvalue weighted by Crippen LogP contribution is 2.52. The number of rotatable bonds is 9. The molecule has 39 heavy (non-hydrogen) atoms. The molecule has 0 spiro atoms. The third kappa shape index (κ3) is 4.95. The van der Waals surface area contributed by atoms with Gasteiger partial charge in [0.25, 0.3) is 11.5 Å². The summed E-state index contributed by atoms with van der Waals surface area (Å²) in [5.74, 6) is 0.0386. The Kier molecular flexibility index (Phi) is 7.31. The summed E-state index contributed by atoms with van der Waals surface area (Å²) >= 11 is 1.22. The first-order chi connectivity index (χ1) is 18.9. The van der Waals surface area contributed by atoms with Gasteiger partial charge in [0.1, 0.15) is 11.8 Å². The van der Waals surface area contributed by atoms with Gasteiger partial charge in [-0.15, -0.1) is 11.3 Å². The van der Waals surface area contributed by atoms with E-state index in [9.17, 15) is 14.4 Å². The fraction of sp³-hybridized carbons (Fsp3) is 0.333. The summed E-state index contributed by atoms with van der Waals surface area (Å²) in [7, 11) is 2.93. The van der Waals surface area contributed by atoms with Crippen LogP contribution in [0.2, 0.25) is 0 Å². The average Bonchev–Trinajstić information content (AvgIpc) is 3.70. The van der Waals surface area contributed by atoms with Crippen LogP contribution in [0.15, 0.2) is 32.7 Å². The number of methoxy groups -OCH3 is 2. The van der Waals surface area contributed by atoms with Crippen LogP contribution in [0, 0.1) is 0 Å². The van der Waals surface area contributed by atoms with E-state index < -0.39 is 18.0 Å². The summed E-state index contributed by atoms with van der Waals surface area (Å²) in [6.07, 6.45) is 2.83. The van der Waals surface area contributed by atoms with Crippen LogP contribution in [0.3, 0.4) is 0 Å². The number of benzene rings is 1. The summed E-state index contributed by atoms with van der Waals surface area (Å²) in [5.41, 5.74) is 3.07. The molecule has 4 heterocycles. The van der Waals surface area contributed by atoms with Crippen molar-refractivity contribution in [3.05, 3.63) is 44.8 Å². The quantitative estimate of drug-likeness (QED) is 0.232. The lowest BCUT2D eigenvalue weighted by atomic mass is 9.96. The van der Waals surface area contributed by atoms with Gasteiger partial charge in [-0.1, -0.05) is 5.16 Å². The molecule has 0 radical (unpaired) electrons. The summed E-state index contributed by atoms with van der Waals surface area (Å²) < 4.78 is 28.9. The number of nitrogens with one attached hydrogen (secondary N) is 1. The van der Waals surface area contributed by atoms with E-state index in [1.54, 1.807) is 18.5 Å². The summed E-state index contributed by atoms with van der Waals surface area (Å²) in [6, 6.07) is 1.12. The number of carbonyl (C=O) groups excluding carboxylic acids is 2. The van der Waals surface area contributed by atoms with Crippen LogP contribution in [0.5, 0.6) is 23.0 Å². The monoisotopic (exact) mass is 557 g/mol. The minimum Gasteiger partial charge on any atom is -0.492 e. The van der Waals surface area contributed by atoms with Crippen LogP contribution in [-0.4, -0.2) is 66.9 Å². The zero-order chi connectivity index (χ0) is 27.5. The number of hydrogen-bond acceptors (Lipinski definition) is 13. The molecule has 1 amide bonds. The Labute approximate surface area is 224 Å². The van der Waals surface area contributed by atoms with Crippen molar-refractivity contribution in [2.45, 2.75) is 25.9 Å². The molecule has 3 aromatic rings. The minimum atomic E-state index is -0.679. The Bertz CT molecular complexity index is 1560. The molecule has 1 N–H and O–H groups in total. The second kappa shape index (κ2) is 11.0. The number of aromatic nitrogens is 2.